The Morgan fingerprint density at radius 1 is 1.19 bits per heavy atom. The third kappa shape index (κ3) is 5.24. The number of methoxy groups -OCH3 is 1. The Kier molecular flexibility index (Phi) is 6.12. The molecule has 1 amide bonds. The van der Waals surface area contributed by atoms with Crippen LogP contribution in [0.2, 0.25) is 5.02 Å². The third-order valence-corrected chi connectivity index (χ3v) is 3.67. The molecule has 0 spiro atoms. The van der Waals surface area contributed by atoms with Gasteiger partial charge in [-0.2, -0.15) is 13.2 Å². The van der Waals surface area contributed by atoms with Crippen LogP contribution < -0.4 is 10.1 Å². The van der Waals surface area contributed by atoms with Crippen molar-refractivity contribution in [3.63, 3.8) is 0 Å². The highest BCUT2D eigenvalue weighted by molar-refractivity contribution is 6.32. The van der Waals surface area contributed by atoms with E-state index in [0.717, 1.165) is 0 Å². The lowest BCUT2D eigenvalue weighted by Gasteiger charge is -2.08. The minimum absolute atomic E-state index is 0.0474. The Morgan fingerprint density at radius 2 is 1.81 bits per heavy atom. The first kappa shape index (κ1) is 20.3. The number of benzene rings is 2. The molecule has 0 fully saturated rings. The molecule has 27 heavy (non-hydrogen) atoms. The molecule has 0 aromatic heterocycles. The molecule has 2 aromatic rings. The molecular formula is C18H13ClF3NO4. The molecule has 9 heteroatoms. The molecule has 0 unspecified atom stereocenters. The number of rotatable bonds is 5. The van der Waals surface area contributed by atoms with E-state index in [2.05, 4.69) is 0 Å². The van der Waals surface area contributed by atoms with Gasteiger partial charge in [-0.25, -0.2) is 0 Å². The zero-order valence-electron chi connectivity index (χ0n) is 13.8. The maximum absolute atomic E-state index is 12.2. The summed E-state index contributed by atoms with van der Waals surface area (Å²) in [6.07, 6.45) is -2.33. The summed E-state index contributed by atoms with van der Waals surface area (Å²) in [6.45, 7) is 0. The Hall–Kier alpha value is -3.00. The SMILES string of the molecule is COc1cc(/C=C/C(=O)c2ccc(NC(=O)C(F)(F)F)cc2)cc(Cl)c1O. The number of halogens is 4. The summed E-state index contributed by atoms with van der Waals surface area (Å²) in [6, 6.07) is 7.84. The van der Waals surface area contributed by atoms with Crippen LogP contribution in [0.4, 0.5) is 18.9 Å². The number of aromatic hydroxyl groups is 1. The van der Waals surface area contributed by atoms with Gasteiger partial charge in [-0.05, 0) is 48.0 Å². The molecule has 5 nitrogen and oxygen atoms in total. The fourth-order valence-electron chi connectivity index (χ4n) is 2.03. The van der Waals surface area contributed by atoms with Gasteiger partial charge in [0.05, 0.1) is 12.1 Å². The number of nitrogens with one attached hydrogen (secondary N) is 1. The number of hydrogen-bond acceptors (Lipinski definition) is 4. The first-order chi connectivity index (χ1) is 12.6. The van der Waals surface area contributed by atoms with Gasteiger partial charge in [0.15, 0.2) is 17.3 Å². The van der Waals surface area contributed by atoms with Gasteiger partial charge < -0.3 is 15.2 Å². The monoisotopic (exact) mass is 399 g/mol. The van der Waals surface area contributed by atoms with Crippen LogP contribution in [0.25, 0.3) is 6.08 Å². The van der Waals surface area contributed by atoms with Crippen LogP contribution in [-0.2, 0) is 4.79 Å². The standard InChI is InChI=1S/C18H13ClF3NO4/c1-27-15-9-10(8-13(19)16(15)25)2-7-14(24)11-3-5-12(6-4-11)23-17(26)18(20,21)22/h2-9,25H,1H3,(H,23,26)/b7-2+. The molecule has 0 radical (unpaired) electrons. The van der Waals surface area contributed by atoms with Crippen molar-refractivity contribution in [3.05, 3.63) is 58.6 Å². The number of carbonyl (C=O) groups excluding carboxylic acids is 2. The number of hydrogen-bond donors (Lipinski definition) is 2. The van der Waals surface area contributed by atoms with E-state index in [1.54, 1.807) is 5.32 Å². The van der Waals surface area contributed by atoms with Crippen molar-refractivity contribution in [2.45, 2.75) is 6.18 Å². The molecule has 2 rings (SSSR count). The highest BCUT2D eigenvalue weighted by Crippen LogP contribution is 2.35. The van der Waals surface area contributed by atoms with Crippen LogP contribution in [0.5, 0.6) is 11.5 Å². The molecule has 0 heterocycles. The lowest BCUT2D eigenvalue weighted by molar-refractivity contribution is -0.167. The molecule has 0 saturated heterocycles. The number of ether oxygens (including phenoxy) is 1. The first-order valence-electron chi connectivity index (χ1n) is 7.39. The van der Waals surface area contributed by atoms with Crippen LogP contribution in [0.15, 0.2) is 42.5 Å². The number of phenols is 1. The molecular weight excluding hydrogens is 387 g/mol. The van der Waals surface area contributed by atoms with Crippen LogP contribution in [0.1, 0.15) is 15.9 Å². The molecule has 0 aliphatic rings. The second-order valence-corrected chi connectivity index (χ2v) is 5.69. The van der Waals surface area contributed by atoms with Crippen molar-refractivity contribution in [3.8, 4) is 11.5 Å². The van der Waals surface area contributed by atoms with Gasteiger partial charge in [0.2, 0.25) is 0 Å². The largest absolute Gasteiger partial charge is 0.503 e. The normalized spacial score (nSPS) is 11.4. The molecule has 2 N–H and O–H groups in total. The van der Waals surface area contributed by atoms with E-state index in [4.69, 9.17) is 16.3 Å². The Balaban J connectivity index is 2.11. The number of allylic oxidation sites excluding steroid dienone is 1. The van der Waals surface area contributed by atoms with Crippen molar-refractivity contribution in [1.29, 1.82) is 0 Å². The number of carbonyl (C=O) groups is 2. The average molecular weight is 400 g/mol. The summed E-state index contributed by atoms with van der Waals surface area (Å²) in [7, 11) is 1.35. The van der Waals surface area contributed by atoms with Crippen molar-refractivity contribution < 1.29 is 32.6 Å². The van der Waals surface area contributed by atoms with Crippen molar-refractivity contribution in [2.75, 3.05) is 12.4 Å². The van der Waals surface area contributed by atoms with Crippen molar-refractivity contribution in [1.82, 2.24) is 0 Å². The van der Waals surface area contributed by atoms with Gasteiger partial charge >= 0.3 is 12.1 Å². The van der Waals surface area contributed by atoms with Crippen LogP contribution in [-0.4, -0.2) is 30.1 Å². The third-order valence-electron chi connectivity index (χ3n) is 3.38. The minimum Gasteiger partial charge on any atom is -0.503 e. The van der Waals surface area contributed by atoms with E-state index in [0.29, 0.717) is 5.56 Å². The number of phenolic OH excluding ortho intramolecular Hbond substituents is 1. The predicted octanol–water partition coefficient (Wildman–Crippen LogP) is 4.45. The summed E-state index contributed by atoms with van der Waals surface area (Å²) in [5, 5.41) is 11.4. The highest BCUT2D eigenvalue weighted by atomic mass is 35.5. The number of ketones is 1. The van der Waals surface area contributed by atoms with E-state index < -0.39 is 17.9 Å². The van der Waals surface area contributed by atoms with Gasteiger partial charge in [0, 0.05) is 11.3 Å². The molecule has 0 aliphatic carbocycles. The van der Waals surface area contributed by atoms with Crippen molar-refractivity contribution >= 4 is 35.1 Å². The van der Waals surface area contributed by atoms with Gasteiger partial charge in [0.1, 0.15) is 0 Å². The summed E-state index contributed by atoms with van der Waals surface area (Å²) in [5.74, 6) is -2.61. The van der Waals surface area contributed by atoms with E-state index in [1.165, 1.54) is 55.7 Å². The first-order valence-corrected chi connectivity index (χ1v) is 7.76. The van der Waals surface area contributed by atoms with Gasteiger partial charge in [0.25, 0.3) is 0 Å². The Labute approximate surface area is 157 Å². The van der Waals surface area contributed by atoms with Gasteiger partial charge in [-0.3, -0.25) is 9.59 Å². The van der Waals surface area contributed by atoms with E-state index in [9.17, 15) is 27.9 Å². The topological polar surface area (TPSA) is 75.6 Å². The number of anilines is 1. The number of amides is 1. The molecule has 2 aromatic carbocycles. The number of alkyl halides is 3. The van der Waals surface area contributed by atoms with E-state index in [1.807, 2.05) is 0 Å². The maximum atomic E-state index is 12.2. The summed E-state index contributed by atoms with van der Waals surface area (Å²) in [5.41, 5.74) is 0.609. The fourth-order valence-corrected chi connectivity index (χ4v) is 2.25. The Morgan fingerprint density at radius 3 is 2.37 bits per heavy atom. The zero-order valence-corrected chi connectivity index (χ0v) is 14.6. The van der Waals surface area contributed by atoms with E-state index in [-0.39, 0.29) is 27.8 Å². The maximum Gasteiger partial charge on any atom is 0.471 e. The minimum atomic E-state index is -5.00. The predicted molar refractivity (Wildman–Crippen MR) is 94.2 cm³/mol. The molecule has 0 aliphatic heterocycles. The average Bonchev–Trinajstić information content (AvgIpc) is 2.62. The van der Waals surface area contributed by atoms with Gasteiger partial charge in [-0.15, -0.1) is 0 Å². The summed E-state index contributed by atoms with van der Waals surface area (Å²) < 4.78 is 41.6. The lowest BCUT2D eigenvalue weighted by atomic mass is 10.1. The molecule has 0 saturated carbocycles. The van der Waals surface area contributed by atoms with E-state index >= 15 is 0 Å². The second kappa shape index (κ2) is 8.13. The second-order valence-electron chi connectivity index (χ2n) is 5.28. The molecule has 142 valence electrons. The van der Waals surface area contributed by atoms with Crippen LogP contribution >= 0.6 is 11.6 Å². The zero-order chi connectivity index (χ0) is 20.2. The quantitative estimate of drug-likeness (QED) is 0.575. The smallest absolute Gasteiger partial charge is 0.471 e. The highest BCUT2D eigenvalue weighted by Gasteiger charge is 2.38. The molecule has 0 atom stereocenters. The summed E-state index contributed by atoms with van der Waals surface area (Å²) >= 11 is 5.86. The van der Waals surface area contributed by atoms with Gasteiger partial charge in [-0.1, -0.05) is 17.7 Å². The Bertz CT molecular complexity index is 893. The fraction of sp³-hybridized carbons (Fsp3) is 0.111. The van der Waals surface area contributed by atoms with Crippen LogP contribution in [0, 0.1) is 0 Å². The van der Waals surface area contributed by atoms with Crippen LogP contribution in [0.3, 0.4) is 0 Å². The molecule has 0 bridgehead atoms. The summed E-state index contributed by atoms with van der Waals surface area (Å²) in [4.78, 5) is 23.0. The lowest BCUT2D eigenvalue weighted by Crippen LogP contribution is -2.29. The van der Waals surface area contributed by atoms with Crippen molar-refractivity contribution in [2.24, 2.45) is 0 Å².